The second-order valence-corrected chi connectivity index (χ2v) is 4.97. The largest absolute Gasteiger partial charge is 0.382 e. The fourth-order valence-electron chi connectivity index (χ4n) is 1.85. The van der Waals surface area contributed by atoms with E-state index in [0.717, 1.165) is 38.0 Å². The Morgan fingerprint density at radius 3 is 2.47 bits per heavy atom. The SMILES string of the molecule is CN=C(NCCCOCCOC)NCCCC1CC1. The minimum atomic E-state index is 0.664. The van der Waals surface area contributed by atoms with Gasteiger partial charge in [0.25, 0.3) is 0 Å². The molecule has 5 nitrogen and oxygen atoms in total. The van der Waals surface area contributed by atoms with Crippen LogP contribution in [0.2, 0.25) is 0 Å². The van der Waals surface area contributed by atoms with Crippen molar-refractivity contribution in [1.82, 2.24) is 10.6 Å². The van der Waals surface area contributed by atoms with E-state index < -0.39 is 0 Å². The smallest absolute Gasteiger partial charge is 0.190 e. The molecule has 0 heterocycles. The first-order valence-electron chi connectivity index (χ1n) is 7.38. The molecule has 1 fully saturated rings. The van der Waals surface area contributed by atoms with Crippen molar-refractivity contribution in [2.24, 2.45) is 10.9 Å². The lowest BCUT2D eigenvalue weighted by Crippen LogP contribution is -2.38. The Hall–Kier alpha value is -0.810. The van der Waals surface area contributed by atoms with Crippen LogP contribution < -0.4 is 10.6 Å². The van der Waals surface area contributed by atoms with Crippen LogP contribution in [0.3, 0.4) is 0 Å². The van der Waals surface area contributed by atoms with E-state index in [2.05, 4.69) is 15.6 Å². The summed E-state index contributed by atoms with van der Waals surface area (Å²) in [6.45, 7) is 3.99. The van der Waals surface area contributed by atoms with Crippen molar-refractivity contribution in [3.8, 4) is 0 Å². The van der Waals surface area contributed by atoms with Crippen LogP contribution >= 0.6 is 0 Å². The highest BCUT2D eigenvalue weighted by atomic mass is 16.5. The quantitative estimate of drug-likeness (QED) is 0.339. The number of guanidine groups is 1. The summed E-state index contributed by atoms with van der Waals surface area (Å²) in [6, 6.07) is 0. The minimum absolute atomic E-state index is 0.664. The monoisotopic (exact) mass is 271 g/mol. The normalized spacial score (nSPS) is 15.6. The first kappa shape index (κ1) is 16.2. The van der Waals surface area contributed by atoms with Gasteiger partial charge in [-0.25, -0.2) is 0 Å². The van der Waals surface area contributed by atoms with Crippen molar-refractivity contribution in [2.75, 3.05) is 47.1 Å². The van der Waals surface area contributed by atoms with Crippen LogP contribution in [0, 0.1) is 5.92 Å². The molecule has 2 N–H and O–H groups in total. The third-order valence-electron chi connectivity index (χ3n) is 3.19. The average molecular weight is 271 g/mol. The zero-order valence-electron chi connectivity index (χ0n) is 12.4. The van der Waals surface area contributed by atoms with Gasteiger partial charge in [0.05, 0.1) is 13.2 Å². The van der Waals surface area contributed by atoms with E-state index in [9.17, 15) is 0 Å². The summed E-state index contributed by atoms with van der Waals surface area (Å²) in [4.78, 5) is 4.20. The average Bonchev–Trinajstić information content (AvgIpc) is 3.24. The van der Waals surface area contributed by atoms with Gasteiger partial charge in [0.1, 0.15) is 0 Å². The van der Waals surface area contributed by atoms with Gasteiger partial charge in [-0.1, -0.05) is 12.8 Å². The summed E-state index contributed by atoms with van der Waals surface area (Å²) in [5.74, 6) is 1.91. The number of nitrogens with zero attached hydrogens (tertiary/aromatic N) is 1. The van der Waals surface area contributed by atoms with E-state index in [1.807, 2.05) is 7.05 Å². The van der Waals surface area contributed by atoms with Crippen LogP contribution in [-0.2, 0) is 9.47 Å². The molecule has 0 spiro atoms. The van der Waals surface area contributed by atoms with Gasteiger partial charge in [0, 0.05) is 33.9 Å². The second-order valence-electron chi connectivity index (χ2n) is 4.97. The molecule has 19 heavy (non-hydrogen) atoms. The first-order valence-corrected chi connectivity index (χ1v) is 7.38. The van der Waals surface area contributed by atoms with Crippen molar-refractivity contribution in [2.45, 2.75) is 32.1 Å². The molecule has 0 bridgehead atoms. The molecule has 0 radical (unpaired) electrons. The van der Waals surface area contributed by atoms with E-state index in [1.165, 1.54) is 25.7 Å². The highest BCUT2D eigenvalue weighted by Crippen LogP contribution is 2.33. The van der Waals surface area contributed by atoms with Crippen molar-refractivity contribution < 1.29 is 9.47 Å². The first-order chi connectivity index (χ1) is 9.36. The Kier molecular flexibility index (Phi) is 9.45. The van der Waals surface area contributed by atoms with Gasteiger partial charge >= 0.3 is 0 Å². The summed E-state index contributed by atoms with van der Waals surface area (Å²) >= 11 is 0. The van der Waals surface area contributed by atoms with Gasteiger partial charge in [-0.15, -0.1) is 0 Å². The van der Waals surface area contributed by atoms with Crippen LogP contribution in [0.5, 0.6) is 0 Å². The molecule has 5 heteroatoms. The summed E-state index contributed by atoms with van der Waals surface area (Å²) in [5.41, 5.74) is 0. The van der Waals surface area contributed by atoms with Crippen LogP contribution in [-0.4, -0.2) is 53.0 Å². The Balaban J connectivity index is 1.86. The third kappa shape index (κ3) is 9.73. The molecule has 0 saturated heterocycles. The molecule has 1 rings (SSSR count). The topological polar surface area (TPSA) is 54.9 Å². The van der Waals surface area contributed by atoms with Gasteiger partial charge in [-0.3, -0.25) is 4.99 Å². The number of methoxy groups -OCH3 is 1. The molecule has 1 saturated carbocycles. The minimum Gasteiger partial charge on any atom is -0.382 e. The van der Waals surface area contributed by atoms with Crippen LogP contribution in [0.4, 0.5) is 0 Å². The van der Waals surface area contributed by atoms with E-state index in [1.54, 1.807) is 7.11 Å². The fraction of sp³-hybridized carbons (Fsp3) is 0.929. The maximum atomic E-state index is 5.40. The molecule has 0 atom stereocenters. The van der Waals surface area contributed by atoms with Crippen molar-refractivity contribution in [3.05, 3.63) is 0 Å². The number of rotatable bonds is 11. The fourth-order valence-corrected chi connectivity index (χ4v) is 1.85. The van der Waals surface area contributed by atoms with Gasteiger partial charge < -0.3 is 20.1 Å². The molecule has 0 aromatic rings. The molecule has 0 aromatic heterocycles. The van der Waals surface area contributed by atoms with Crippen molar-refractivity contribution in [3.63, 3.8) is 0 Å². The molecule has 0 aromatic carbocycles. The number of nitrogens with one attached hydrogen (secondary N) is 2. The maximum absolute atomic E-state index is 5.40. The van der Waals surface area contributed by atoms with E-state index in [0.29, 0.717) is 13.2 Å². The van der Waals surface area contributed by atoms with Crippen LogP contribution in [0.1, 0.15) is 32.1 Å². The van der Waals surface area contributed by atoms with Gasteiger partial charge in [0.15, 0.2) is 5.96 Å². The lowest BCUT2D eigenvalue weighted by atomic mass is 10.2. The highest BCUT2D eigenvalue weighted by Gasteiger charge is 2.19. The predicted octanol–water partition coefficient (Wildman–Crippen LogP) is 1.39. The van der Waals surface area contributed by atoms with Gasteiger partial charge in [-0.2, -0.15) is 0 Å². The molecular formula is C14H29N3O2. The van der Waals surface area contributed by atoms with Crippen LogP contribution in [0.25, 0.3) is 0 Å². The number of hydrogen-bond acceptors (Lipinski definition) is 3. The Morgan fingerprint density at radius 1 is 1.11 bits per heavy atom. The lowest BCUT2D eigenvalue weighted by Gasteiger charge is -2.11. The zero-order chi connectivity index (χ0) is 13.8. The van der Waals surface area contributed by atoms with E-state index in [-0.39, 0.29) is 0 Å². The van der Waals surface area contributed by atoms with E-state index >= 15 is 0 Å². The summed E-state index contributed by atoms with van der Waals surface area (Å²) < 4.78 is 10.3. The van der Waals surface area contributed by atoms with Crippen LogP contribution in [0.15, 0.2) is 4.99 Å². The molecule has 0 amide bonds. The molecular weight excluding hydrogens is 242 g/mol. The Bertz CT molecular complexity index is 243. The van der Waals surface area contributed by atoms with Crippen molar-refractivity contribution in [1.29, 1.82) is 0 Å². The third-order valence-corrected chi connectivity index (χ3v) is 3.19. The zero-order valence-corrected chi connectivity index (χ0v) is 12.4. The Morgan fingerprint density at radius 2 is 1.84 bits per heavy atom. The maximum Gasteiger partial charge on any atom is 0.190 e. The van der Waals surface area contributed by atoms with Crippen molar-refractivity contribution >= 4 is 5.96 Å². The highest BCUT2D eigenvalue weighted by molar-refractivity contribution is 5.79. The molecule has 1 aliphatic rings. The predicted molar refractivity (Wildman–Crippen MR) is 78.6 cm³/mol. The summed E-state index contributed by atoms with van der Waals surface area (Å²) in [6.07, 6.45) is 6.46. The van der Waals surface area contributed by atoms with Gasteiger partial charge in [0.2, 0.25) is 0 Å². The number of ether oxygens (including phenoxy) is 2. The Labute approximate surface area is 117 Å². The molecule has 112 valence electrons. The lowest BCUT2D eigenvalue weighted by molar-refractivity contribution is 0.0698. The molecule has 0 unspecified atom stereocenters. The molecule has 0 aliphatic heterocycles. The number of aliphatic imine (C=N–C) groups is 1. The standard InChI is InChI=1S/C14H29N3O2/c1-15-14(16-8-3-5-13-6-7-13)17-9-4-10-19-12-11-18-2/h13H,3-12H2,1-2H3,(H2,15,16,17). The van der Waals surface area contributed by atoms with E-state index in [4.69, 9.17) is 9.47 Å². The second kappa shape index (κ2) is 11.1. The molecule has 1 aliphatic carbocycles. The summed E-state index contributed by atoms with van der Waals surface area (Å²) in [7, 11) is 3.50. The number of hydrogen-bond donors (Lipinski definition) is 2. The van der Waals surface area contributed by atoms with Gasteiger partial charge in [-0.05, 0) is 25.2 Å². The summed E-state index contributed by atoms with van der Waals surface area (Å²) in [5, 5.41) is 6.63.